The molecule has 2 aromatic rings. The number of hydrogen-bond acceptors (Lipinski definition) is 3. The summed E-state index contributed by atoms with van der Waals surface area (Å²) in [4.78, 5) is 17.4. The zero-order chi connectivity index (χ0) is 12.5. The molecule has 4 nitrogen and oxygen atoms in total. The first-order valence-electron chi connectivity index (χ1n) is 6.09. The molecule has 1 aliphatic rings. The van der Waals surface area contributed by atoms with Crippen LogP contribution in [0.4, 0.5) is 5.69 Å². The van der Waals surface area contributed by atoms with Crippen LogP contribution in [0, 0.1) is 0 Å². The van der Waals surface area contributed by atoms with Crippen LogP contribution >= 0.6 is 0 Å². The normalized spacial score (nSPS) is 19.3. The highest BCUT2D eigenvalue weighted by Gasteiger charge is 2.31. The predicted octanol–water partition coefficient (Wildman–Crippen LogP) is 2.29. The molecule has 0 radical (unpaired) electrons. The molecule has 0 bridgehead atoms. The van der Waals surface area contributed by atoms with Crippen molar-refractivity contribution in [2.24, 2.45) is 0 Å². The Bertz CT molecular complexity index is 592. The molecule has 92 valence electrons. The van der Waals surface area contributed by atoms with Gasteiger partial charge in [0.2, 0.25) is 0 Å². The predicted molar refractivity (Wildman–Crippen MR) is 69.7 cm³/mol. The van der Waals surface area contributed by atoms with E-state index in [2.05, 4.69) is 4.98 Å². The van der Waals surface area contributed by atoms with Crippen LogP contribution in [0.3, 0.4) is 0 Å². The molecule has 1 aliphatic heterocycles. The number of benzene rings is 1. The molecule has 0 amide bonds. The molecule has 3 rings (SSSR count). The zero-order valence-electron chi connectivity index (χ0n) is 9.91. The van der Waals surface area contributed by atoms with Gasteiger partial charge >= 0.3 is 5.97 Å². The van der Waals surface area contributed by atoms with Gasteiger partial charge in [0.05, 0.1) is 0 Å². The number of rotatable bonds is 2. The molecular weight excluding hydrogens is 228 g/mol. The minimum absolute atomic E-state index is 0.407. The van der Waals surface area contributed by atoms with E-state index in [0.29, 0.717) is 6.42 Å². The lowest BCUT2D eigenvalue weighted by atomic mass is 10.1. The van der Waals surface area contributed by atoms with E-state index in [1.165, 1.54) is 0 Å². The molecule has 1 saturated heterocycles. The summed E-state index contributed by atoms with van der Waals surface area (Å²) in [6.45, 7) is 0.797. The van der Waals surface area contributed by atoms with Gasteiger partial charge in [0.25, 0.3) is 0 Å². The van der Waals surface area contributed by atoms with Crippen LogP contribution in [-0.2, 0) is 4.79 Å². The summed E-state index contributed by atoms with van der Waals surface area (Å²) in [7, 11) is 0. The van der Waals surface area contributed by atoms with Crippen molar-refractivity contribution >= 4 is 22.4 Å². The Labute approximate surface area is 105 Å². The average Bonchev–Trinajstić information content (AvgIpc) is 2.87. The summed E-state index contributed by atoms with van der Waals surface area (Å²) >= 11 is 0. The van der Waals surface area contributed by atoms with E-state index >= 15 is 0 Å². The molecule has 1 fully saturated rings. The SMILES string of the molecule is O=C(O)C1CCCN1c1cccc2ccncc12. The van der Waals surface area contributed by atoms with Crippen molar-refractivity contribution in [3.05, 3.63) is 36.7 Å². The molecule has 4 heteroatoms. The molecule has 18 heavy (non-hydrogen) atoms. The largest absolute Gasteiger partial charge is 0.480 e. The topological polar surface area (TPSA) is 53.4 Å². The number of fused-ring (bicyclic) bond motifs is 1. The molecule has 1 N–H and O–H groups in total. The fraction of sp³-hybridized carbons (Fsp3) is 0.286. The highest BCUT2D eigenvalue weighted by atomic mass is 16.4. The van der Waals surface area contributed by atoms with Crippen molar-refractivity contribution in [2.75, 3.05) is 11.4 Å². The first-order valence-corrected chi connectivity index (χ1v) is 6.09. The molecule has 1 atom stereocenters. The van der Waals surface area contributed by atoms with Gasteiger partial charge in [-0.3, -0.25) is 4.98 Å². The number of carbonyl (C=O) groups is 1. The first-order chi connectivity index (χ1) is 8.77. The van der Waals surface area contributed by atoms with Crippen LogP contribution in [0.5, 0.6) is 0 Å². The van der Waals surface area contributed by atoms with E-state index in [4.69, 9.17) is 0 Å². The maximum atomic E-state index is 11.3. The third-order valence-corrected chi connectivity index (χ3v) is 3.51. The van der Waals surface area contributed by atoms with Gasteiger partial charge in [0.15, 0.2) is 0 Å². The maximum Gasteiger partial charge on any atom is 0.326 e. The van der Waals surface area contributed by atoms with E-state index in [9.17, 15) is 9.90 Å². The molecule has 1 aromatic heterocycles. The van der Waals surface area contributed by atoms with Gasteiger partial charge in [-0.05, 0) is 30.4 Å². The van der Waals surface area contributed by atoms with Crippen LogP contribution < -0.4 is 4.90 Å². The number of carboxylic acid groups (broad SMARTS) is 1. The van der Waals surface area contributed by atoms with Gasteiger partial charge in [-0.1, -0.05) is 12.1 Å². The lowest BCUT2D eigenvalue weighted by Crippen LogP contribution is -2.35. The highest BCUT2D eigenvalue weighted by molar-refractivity contribution is 5.95. The van der Waals surface area contributed by atoms with Crippen LogP contribution in [0.2, 0.25) is 0 Å². The van der Waals surface area contributed by atoms with Crippen LogP contribution in [0.15, 0.2) is 36.7 Å². The van der Waals surface area contributed by atoms with Gasteiger partial charge in [-0.15, -0.1) is 0 Å². The van der Waals surface area contributed by atoms with Crippen molar-refractivity contribution in [1.82, 2.24) is 4.98 Å². The van der Waals surface area contributed by atoms with Crippen LogP contribution in [0.25, 0.3) is 10.8 Å². The molecule has 1 aromatic carbocycles. The number of aromatic nitrogens is 1. The summed E-state index contributed by atoms with van der Waals surface area (Å²) in [6, 6.07) is 7.51. The third kappa shape index (κ3) is 1.70. The summed E-state index contributed by atoms with van der Waals surface area (Å²) in [5.74, 6) is -0.742. The molecule has 1 unspecified atom stereocenters. The zero-order valence-corrected chi connectivity index (χ0v) is 9.91. The van der Waals surface area contributed by atoms with E-state index in [1.54, 1.807) is 6.20 Å². The second-order valence-electron chi connectivity index (χ2n) is 4.56. The first kappa shape index (κ1) is 11.0. The van der Waals surface area contributed by atoms with Gasteiger partial charge in [0.1, 0.15) is 6.04 Å². The van der Waals surface area contributed by atoms with Crippen molar-refractivity contribution < 1.29 is 9.90 Å². The van der Waals surface area contributed by atoms with E-state index in [1.807, 2.05) is 35.4 Å². The summed E-state index contributed by atoms with van der Waals surface area (Å²) < 4.78 is 0. The van der Waals surface area contributed by atoms with Gasteiger partial charge in [0, 0.05) is 30.0 Å². The van der Waals surface area contributed by atoms with E-state index in [-0.39, 0.29) is 0 Å². The second-order valence-corrected chi connectivity index (χ2v) is 4.56. The lowest BCUT2D eigenvalue weighted by Gasteiger charge is -2.24. The smallest absolute Gasteiger partial charge is 0.326 e. The lowest BCUT2D eigenvalue weighted by molar-refractivity contribution is -0.138. The van der Waals surface area contributed by atoms with Gasteiger partial charge < -0.3 is 10.0 Å². The minimum atomic E-state index is -0.742. The number of anilines is 1. The van der Waals surface area contributed by atoms with E-state index in [0.717, 1.165) is 29.4 Å². The molecule has 0 aliphatic carbocycles. The fourth-order valence-corrected chi connectivity index (χ4v) is 2.66. The molecule has 2 heterocycles. The van der Waals surface area contributed by atoms with Crippen LogP contribution in [-0.4, -0.2) is 28.6 Å². The van der Waals surface area contributed by atoms with Gasteiger partial charge in [-0.25, -0.2) is 4.79 Å². The Hall–Kier alpha value is -2.10. The molecular formula is C14H14N2O2. The number of aliphatic carboxylic acids is 1. The van der Waals surface area contributed by atoms with Crippen molar-refractivity contribution in [3.8, 4) is 0 Å². The monoisotopic (exact) mass is 242 g/mol. The Morgan fingerprint density at radius 3 is 3.11 bits per heavy atom. The van der Waals surface area contributed by atoms with Crippen molar-refractivity contribution in [1.29, 1.82) is 0 Å². The Morgan fingerprint density at radius 2 is 2.28 bits per heavy atom. The third-order valence-electron chi connectivity index (χ3n) is 3.51. The standard InChI is InChI=1S/C14H14N2O2/c17-14(18)13-5-2-8-16(13)12-4-1-3-10-6-7-15-9-11(10)12/h1,3-4,6-7,9,13H,2,5,8H2,(H,17,18). The maximum absolute atomic E-state index is 11.3. The summed E-state index contributed by atoms with van der Waals surface area (Å²) in [5, 5.41) is 11.4. The van der Waals surface area contributed by atoms with Gasteiger partial charge in [-0.2, -0.15) is 0 Å². The quantitative estimate of drug-likeness (QED) is 0.877. The average molecular weight is 242 g/mol. The summed E-state index contributed by atoms with van der Waals surface area (Å²) in [6.07, 6.45) is 5.20. The molecule has 0 saturated carbocycles. The second kappa shape index (κ2) is 4.29. The Kier molecular flexibility index (Phi) is 2.63. The van der Waals surface area contributed by atoms with Crippen molar-refractivity contribution in [2.45, 2.75) is 18.9 Å². The highest BCUT2D eigenvalue weighted by Crippen LogP contribution is 2.31. The van der Waals surface area contributed by atoms with E-state index < -0.39 is 12.0 Å². The Morgan fingerprint density at radius 1 is 1.39 bits per heavy atom. The Balaban J connectivity index is 2.11. The fourth-order valence-electron chi connectivity index (χ4n) is 2.66. The number of nitrogens with zero attached hydrogens (tertiary/aromatic N) is 2. The number of pyridine rings is 1. The summed E-state index contributed by atoms with van der Waals surface area (Å²) in [5.41, 5.74) is 0.977. The van der Waals surface area contributed by atoms with Crippen LogP contribution in [0.1, 0.15) is 12.8 Å². The van der Waals surface area contributed by atoms with Crippen molar-refractivity contribution in [3.63, 3.8) is 0 Å². The minimum Gasteiger partial charge on any atom is -0.480 e. The molecule has 0 spiro atoms. The number of carboxylic acids is 1. The number of hydrogen-bond donors (Lipinski definition) is 1.